The van der Waals surface area contributed by atoms with Crippen LogP contribution in [-0.2, 0) is 31.8 Å². The first-order chi connectivity index (χ1) is 22.2. The highest BCUT2D eigenvalue weighted by Crippen LogP contribution is 2.30. The fourth-order valence-electron chi connectivity index (χ4n) is 5.30. The molecule has 2 heterocycles. The number of amides is 1. The van der Waals surface area contributed by atoms with Crippen LogP contribution in [0.15, 0.2) is 71.0 Å². The number of nitrogens with zero attached hydrogens (tertiary/aromatic N) is 4. The van der Waals surface area contributed by atoms with Gasteiger partial charge in [0.25, 0.3) is 26.0 Å². The van der Waals surface area contributed by atoms with E-state index in [-0.39, 0.29) is 52.9 Å². The second-order valence-electron chi connectivity index (χ2n) is 12.1. The van der Waals surface area contributed by atoms with Crippen molar-refractivity contribution < 1.29 is 36.2 Å². The van der Waals surface area contributed by atoms with Crippen LogP contribution in [0.25, 0.3) is 0 Å². The number of carbonyl (C=O) groups is 1. The first kappa shape index (κ1) is 36.3. The number of aliphatic hydroxyl groups excluding tert-OH is 1. The zero-order valence-corrected chi connectivity index (χ0v) is 29.1. The third kappa shape index (κ3) is 9.11. The van der Waals surface area contributed by atoms with Gasteiger partial charge < -0.3 is 24.0 Å². The Morgan fingerprint density at radius 2 is 1.83 bits per heavy atom. The lowest BCUT2D eigenvalue weighted by molar-refractivity contribution is -0.00835. The molecule has 13 nitrogen and oxygen atoms in total. The maximum atomic E-state index is 14.3. The number of hydrogen-bond acceptors (Lipinski definition) is 9. The highest BCUT2D eigenvalue weighted by Gasteiger charge is 2.33. The van der Waals surface area contributed by atoms with Gasteiger partial charge in [-0.3, -0.25) is 9.52 Å². The molecule has 0 spiro atoms. The summed E-state index contributed by atoms with van der Waals surface area (Å²) in [6.45, 7) is 5.62. The van der Waals surface area contributed by atoms with Crippen molar-refractivity contribution in [1.82, 2.24) is 18.8 Å². The van der Waals surface area contributed by atoms with Gasteiger partial charge in [-0.25, -0.2) is 21.8 Å². The summed E-state index contributed by atoms with van der Waals surface area (Å²) in [5.41, 5.74) is 0.299. The van der Waals surface area contributed by atoms with E-state index in [1.54, 1.807) is 48.9 Å². The molecule has 2 aromatic carbocycles. The maximum absolute atomic E-state index is 14.3. The van der Waals surface area contributed by atoms with Crippen molar-refractivity contribution in [2.75, 3.05) is 38.1 Å². The molecule has 1 aromatic heterocycles. The molecule has 0 saturated carbocycles. The highest BCUT2D eigenvalue weighted by molar-refractivity contribution is 7.92. The SMILES string of the molecule is C[C@@H]1CCCCO[C@@H](CN(C)S(=O)(=O)c2cn(C)cn2)[C@H](C)CN([C@@H](C)CO)C(=O)c2cc(NS(=O)(=O)c3ccccc3)ccc2O1. The third-order valence-corrected chi connectivity index (χ3v) is 11.3. The van der Waals surface area contributed by atoms with E-state index < -0.39 is 38.1 Å². The molecule has 0 fully saturated rings. The van der Waals surface area contributed by atoms with Gasteiger partial charge in [-0.1, -0.05) is 25.1 Å². The molecule has 47 heavy (non-hydrogen) atoms. The largest absolute Gasteiger partial charge is 0.490 e. The predicted octanol–water partition coefficient (Wildman–Crippen LogP) is 3.34. The first-order valence-electron chi connectivity index (χ1n) is 15.6. The molecule has 0 radical (unpaired) electrons. The van der Waals surface area contributed by atoms with Crippen molar-refractivity contribution >= 4 is 31.6 Å². The van der Waals surface area contributed by atoms with Crippen LogP contribution in [0.1, 0.15) is 50.4 Å². The van der Waals surface area contributed by atoms with Crippen molar-refractivity contribution in [3.63, 3.8) is 0 Å². The number of imidazole rings is 1. The Balaban J connectivity index is 1.68. The van der Waals surface area contributed by atoms with E-state index in [4.69, 9.17) is 9.47 Å². The van der Waals surface area contributed by atoms with Crippen LogP contribution in [0.4, 0.5) is 5.69 Å². The molecular formula is C32H45N5O8S2. The predicted molar refractivity (Wildman–Crippen MR) is 177 cm³/mol. The third-order valence-electron chi connectivity index (χ3n) is 8.15. The van der Waals surface area contributed by atoms with Crippen molar-refractivity contribution in [2.24, 2.45) is 13.0 Å². The molecule has 1 aliphatic heterocycles. The molecule has 0 unspecified atom stereocenters. The van der Waals surface area contributed by atoms with E-state index in [1.165, 1.54) is 47.0 Å². The standard InChI is InChI=1S/C32H45N5O8S2/c1-23-18-37(24(2)21-38)32(39)28-17-26(34-46(40,41)27-12-7-6-8-13-27)14-15-29(28)45-25(3)11-9-10-16-44-30(23)19-36(5)47(42,43)31-20-35(4)22-33-31/h6-8,12-15,17,20,22-25,30,34,38H,9-11,16,18-19,21H2,1-5H3/t23-,24+,25-,30+/m1/s1. The smallest absolute Gasteiger partial charge is 0.261 e. The minimum absolute atomic E-state index is 0.0110. The Kier molecular flexibility index (Phi) is 12.1. The Hall–Kier alpha value is -3.50. The van der Waals surface area contributed by atoms with Gasteiger partial charge >= 0.3 is 0 Å². The lowest BCUT2D eigenvalue weighted by Crippen LogP contribution is -2.48. The summed E-state index contributed by atoms with van der Waals surface area (Å²) < 4.78 is 70.6. The van der Waals surface area contributed by atoms with E-state index >= 15 is 0 Å². The summed E-state index contributed by atoms with van der Waals surface area (Å²) in [5, 5.41) is 10.1. The number of carbonyl (C=O) groups excluding carboxylic acids is 1. The van der Waals surface area contributed by atoms with Crippen molar-refractivity contribution in [1.29, 1.82) is 0 Å². The number of aromatic nitrogens is 2. The molecule has 15 heteroatoms. The molecule has 1 aliphatic rings. The number of aliphatic hydroxyl groups is 1. The molecule has 2 N–H and O–H groups in total. The number of likely N-dealkylation sites (N-methyl/N-ethyl adjacent to an activating group) is 1. The van der Waals surface area contributed by atoms with E-state index in [0.29, 0.717) is 25.2 Å². The molecule has 0 saturated heterocycles. The van der Waals surface area contributed by atoms with E-state index in [1.807, 2.05) is 13.8 Å². The summed E-state index contributed by atoms with van der Waals surface area (Å²) in [6.07, 6.45) is 4.10. The van der Waals surface area contributed by atoms with Crippen LogP contribution in [0.3, 0.4) is 0 Å². The van der Waals surface area contributed by atoms with Crippen LogP contribution in [0.2, 0.25) is 0 Å². The second-order valence-corrected chi connectivity index (χ2v) is 15.8. The topological polar surface area (TPSA) is 160 Å². The number of sulfonamides is 2. The first-order valence-corrected chi connectivity index (χ1v) is 18.5. The molecule has 3 aromatic rings. The average molecular weight is 692 g/mol. The summed E-state index contributed by atoms with van der Waals surface area (Å²) >= 11 is 0. The second kappa shape index (κ2) is 15.6. The van der Waals surface area contributed by atoms with E-state index in [0.717, 1.165) is 6.42 Å². The van der Waals surface area contributed by atoms with Gasteiger partial charge in [0.05, 0.1) is 41.6 Å². The zero-order valence-electron chi connectivity index (χ0n) is 27.4. The number of nitrogens with one attached hydrogen (secondary N) is 1. The summed E-state index contributed by atoms with van der Waals surface area (Å²) in [5.74, 6) is -0.564. The minimum atomic E-state index is -3.94. The molecular weight excluding hydrogens is 647 g/mol. The lowest BCUT2D eigenvalue weighted by atomic mass is 10.0. The van der Waals surface area contributed by atoms with Gasteiger partial charge in [0, 0.05) is 51.6 Å². The minimum Gasteiger partial charge on any atom is -0.490 e. The number of aryl methyl sites for hydroxylation is 1. The summed E-state index contributed by atoms with van der Waals surface area (Å²) in [6, 6.07) is 11.8. The van der Waals surface area contributed by atoms with Crippen LogP contribution in [-0.4, -0.2) is 98.2 Å². The quantitative estimate of drug-likeness (QED) is 0.343. The van der Waals surface area contributed by atoms with Gasteiger partial charge in [0.15, 0.2) is 5.03 Å². The fraction of sp³-hybridized carbons (Fsp3) is 0.500. The van der Waals surface area contributed by atoms with Crippen molar-refractivity contribution in [3.8, 4) is 5.75 Å². The number of fused-ring (bicyclic) bond motifs is 1. The Morgan fingerprint density at radius 1 is 1.11 bits per heavy atom. The molecule has 0 aliphatic carbocycles. The van der Waals surface area contributed by atoms with Gasteiger partial charge in [-0.15, -0.1) is 0 Å². The monoisotopic (exact) mass is 691 g/mol. The number of anilines is 1. The number of rotatable bonds is 9. The van der Waals surface area contributed by atoms with Crippen molar-refractivity contribution in [3.05, 3.63) is 66.6 Å². The number of ether oxygens (including phenoxy) is 2. The van der Waals surface area contributed by atoms with Gasteiger partial charge in [-0.05, 0) is 63.4 Å². The number of hydrogen-bond donors (Lipinski definition) is 2. The van der Waals surface area contributed by atoms with Crippen LogP contribution < -0.4 is 9.46 Å². The van der Waals surface area contributed by atoms with Crippen LogP contribution >= 0.6 is 0 Å². The van der Waals surface area contributed by atoms with Crippen LogP contribution in [0.5, 0.6) is 5.75 Å². The summed E-state index contributed by atoms with van der Waals surface area (Å²) in [4.78, 5) is 19.9. The Labute approximate surface area is 277 Å². The Bertz CT molecular complexity index is 1720. The summed E-state index contributed by atoms with van der Waals surface area (Å²) in [7, 11) is -4.69. The van der Waals surface area contributed by atoms with E-state index in [2.05, 4.69) is 9.71 Å². The van der Waals surface area contributed by atoms with E-state index in [9.17, 15) is 26.7 Å². The highest BCUT2D eigenvalue weighted by atomic mass is 32.2. The number of benzene rings is 2. The van der Waals surface area contributed by atoms with Gasteiger partial charge in [0.1, 0.15) is 5.75 Å². The Morgan fingerprint density at radius 3 is 2.49 bits per heavy atom. The van der Waals surface area contributed by atoms with Crippen molar-refractivity contribution in [2.45, 2.75) is 68.2 Å². The van der Waals surface area contributed by atoms with Crippen LogP contribution in [0, 0.1) is 5.92 Å². The molecule has 0 bridgehead atoms. The van der Waals surface area contributed by atoms with Gasteiger partial charge in [0.2, 0.25) is 0 Å². The fourth-order valence-corrected chi connectivity index (χ4v) is 7.51. The molecule has 258 valence electrons. The maximum Gasteiger partial charge on any atom is 0.261 e. The zero-order chi connectivity index (χ0) is 34.4. The average Bonchev–Trinajstić information content (AvgIpc) is 3.49. The van der Waals surface area contributed by atoms with Gasteiger partial charge in [-0.2, -0.15) is 4.31 Å². The lowest BCUT2D eigenvalue weighted by Gasteiger charge is -2.35. The molecule has 4 rings (SSSR count). The molecule has 1 amide bonds. The molecule has 4 atom stereocenters. The normalized spacial score (nSPS) is 21.0.